The molecule has 2 rings (SSSR count). The molecule has 0 saturated heterocycles. The van der Waals surface area contributed by atoms with Crippen LogP contribution in [0.3, 0.4) is 0 Å². The number of benzene rings is 2. The molecule has 0 aliphatic heterocycles. The Kier molecular flexibility index (Phi) is 10.3. The summed E-state index contributed by atoms with van der Waals surface area (Å²) in [7, 11) is -3.86. The molecular weight excluding hydrogens is 533 g/mol. The van der Waals surface area contributed by atoms with Gasteiger partial charge in [0.05, 0.1) is 11.9 Å². The van der Waals surface area contributed by atoms with Crippen molar-refractivity contribution in [3.8, 4) is 0 Å². The van der Waals surface area contributed by atoms with Crippen molar-refractivity contribution in [3.63, 3.8) is 0 Å². The number of halogens is 3. The molecule has 0 aliphatic rings. The van der Waals surface area contributed by atoms with E-state index in [9.17, 15) is 18.0 Å². The summed E-state index contributed by atoms with van der Waals surface area (Å²) in [6.07, 6.45) is 1.33. The fraction of sp³-hybridized carbons (Fsp3) is 0.417. The molecule has 0 saturated carbocycles. The molecule has 35 heavy (non-hydrogen) atoms. The number of rotatable bonds is 10. The summed E-state index contributed by atoms with van der Waals surface area (Å²) in [4.78, 5) is 28.0. The molecule has 2 aromatic carbocycles. The Hall–Kier alpha value is -2.00. The molecule has 1 unspecified atom stereocenters. The van der Waals surface area contributed by atoms with E-state index >= 15 is 0 Å². The van der Waals surface area contributed by atoms with Gasteiger partial charge in [-0.3, -0.25) is 13.9 Å². The Morgan fingerprint density at radius 3 is 2.17 bits per heavy atom. The maximum atomic E-state index is 13.7. The van der Waals surface area contributed by atoms with Crippen LogP contribution in [0.4, 0.5) is 5.69 Å². The van der Waals surface area contributed by atoms with Gasteiger partial charge < -0.3 is 10.2 Å². The maximum absolute atomic E-state index is 13.7. The molecular formula is C24H30Cl3N3O4S. The van der Waals surface area contributed by atoms with E-state index in [1.54, 1.807) is 44.2 Å². The molecule has 11 heteroatoms. The second-order valence-corrected chi connectivity index (χ2v) is 11.7. The van der Waals surface area contributed by atoms with Crippen LogP contribution in [0, 0.1) is 6.92 Å². The highest BCUT2D eigenvalue weighted by Crippen LogP contribution is 2.28. The predicted octanol–water partition coefficient (Wildman–Crippen LogP) is 5.05. The number of hydrogen-bond donors (Lipinski definition) is 1. The first-order chi connectivity index (χ1) is 16.2. The highest BCUT2D eigenvalue weighted by Gasteiger charge is 2.32. The van der Waals surface area contributed by atoms with E-state index in [4.69, 9.17) is 34.8 Å². The lowest BCUT2D eigenvalue weighted by Gasteiger charge is -2.33. The number of anilines is 1. The summed E-state index contributed by atoms with van der Waals surface area (Å²) in [5.41, 5.74) is 1.49. The van der Waals surface area contributed by atoms with Crippen LogP contribution < -0.4 is 9.62 Å². The average molecular weight is 563 g/mol. The number of amides is 2. The smallest absolute Gasteiger partial charge is 0.244 e. The number of carbonyl (C=O) groups excluding carboxylic acids is 2. The van der Waals surface area contributed by atoms with E-state index in [-0.39, 0.29) is 24.2 Å². The van der Waals surface area contributed by atoms with Crippen molar-refractivity contribution in [1.82, 2.24) is 10.2 Å². The first kappa shape index (κ1) is 29.2. The van der Waals surface area contributed by atoms with Gasteiger partial charge in [-0.25, -0.2) is 8.42 Å². The zero-order valence-electron chi connectivity index (χ0n) is 20.3. The normalized spacial score (nSPS) is 12.4. The van der Waals surface area contributed by atoms with E-state index in [2.05, 4.69) is 5.32 Å². The zero-order valence-corrected chi connectivity index (χ0v) is 23.4. The maximum Gasteiger partial charge on any atom is 0.244 e. The molecule has 0 spiro atoms. The van der Waals surface area contributed by atoms with Gasteiger partial charge >= 0.3 is 0 Å². The van der Waals surface area contributed by atoms with Crippen molar-refractivity contribution in [2.75, 3.05) is 17.1 Å². The largest absolute Gasteiger partial charge is 0.352 e. The predicted molar refractivity (Wildman–Crippen MR) is 143 cm³/mol. The lowest BCUT2D eigenvalue weighted by atomic mass is 10.1. The van der Waals surface area contributed by atoms with Crippen molar-refractivity contribution < 1.29 is 18.0 Å². The van der Waals surface area contributed by atoms with Crippen LogP contribution in [0.2, 0.25) is 15.1 Å². The standard InChI is InChI=1S/C24H30Cl3N3O4S/c1-6-21(24(32)28-15(2)3)29(13-17-8-10-18(25)11-20(17)27)23(31)14-30(35(5,33)34)22-12-19(26)9-7-16(22)4/h7-12,15,21H,6,13-14H2,1-5H3,(H,28,32). The number of aryl methyl sites for hydroxylation is 1. The van der Waals surface area contributed by atoms with Crippen LogP contribution in [0.15, 0.2) is 36.4 Å². The van der Waals surface area contributed by atoms with Gasteiger partial charge in [0.25, 0.3) is 0 Å². The van der Waals surface area contributed by atoms with E-state index in [1.807, 2.05) is 13.8 Å². The number of nitrogens with one attached hydrogen (secondary N) is 1. The summed E-state index contributed by atoms with van der Waals surface area (Å²) in [6.45, 7) is 6.62. The minimum Gasteiger partial charge on any atom is -0.352 e. The van der Waals surface area contributed by atoms with Crippen molar-refractivity contribution in [1.29, 1.82) is 0 Å². The molecule has 0 heterocycles. The lowest BCUT2D eigenvalue weighted by Crippen LogP contribution is -2.53. The lowest BCUT2D eigenvalue weighted by molar-refractivity contribution is -0.140. The fourth-order valence-electron chi connectivity index (χ4n) is 3.58. The Labute approximate surface area is 222 Å². The van der Waals surface area contributed by atoms with Crippen LogP contribution in [0.1, 0.15) is 38.3 Å². The molecule has 2 amide bonds. The van der Waals surface area contributed by atoms with Crippen LogP contribution >= 0.6 is 34.8 Å². The molecule has 192 valence electrons. The highest BCUT2D eigenvalue weighted by molar-refractivity contribution is 7.92. The second kappa shape index (κ2) is 12.3. The number of carbonyl (C=O) groups is 2. The molecule has 0 aliphatic carbocycles. The molecule has 2 aromatic rings. The Morgan fingerprint density at radius 1 is 1.03 bits per heavy atom. The molecule has 1 atom stereocenters. The topological polar surface area (TPSA) is 86.8 Å². The van der Waals surface area contributed by atoms with E-state index < -0.39 is 28.5 Å². The third kappa shape index (κ3) is 8.00. The zero-order chi connectivity index (χ0) is 26.5. The fourth-order valence-corrected chi connectivity index (χ4v) is 5.11. The third-order valence-corrected chi connectivity index (χ3v) is 7.24. The second-order valence-electron chi connectivity index (χ2n) is 8.55. The van der Waals surface area contributed by atoms with Gasteiger partial charge in [-0.05, 0) is 62.6 Å². The average Bonchev–Trinajstić information content (AvgIpc) is 2.73. The van der Waals surface area contributed by atoms with Gasteiger partial charge in [0, 0.05) is 27.7 Å². The molecule has 1 N–H and O–H groups in total. The van der Waals surface area contributed by atoms with E-state index in [1.165, 1.54) is 11.0 Å². The van der Waals surface area contributed by atoms with Crippen molar-refractivity contribution in [2.24, 2.45) is 0 Å². The van der Waals surface area contributed by atoms with Crippen molar-refractivity contribution >= 4 is 62.3 Å². The monoisotopic (exact) mass is 561 g/mol. The number of hydrogen-bond acceptors (Lipinski definition) is 4. The third-order valence-electron chi connectivity index (χ3n) is 5.29. The Balaban J connectivity index is 2.52. The molecule has 0 aromatic heterocycles. The van der Waals surface area contributed by atoms with Crippen molar-refractivity contribution in [2.45, 2.75) is 52.7 Å². The van der Waals surface area contributed by atoms with Gasteiger partial charge in [0.1, 0.15) is 12.6 Å². The van der Waals surface area contributed by atoms with Gasteiger partial charge in [0.2, 0.25) is 21.8 Å². The quantitative estimate of drug-likeness (QED) is 0.439. The summed E-state index contributed by atoms with van der Waals surface area (Å²) < 4.78 is 26.4. The van der Waals surface area contributed by atoms with Gasteiger partial charge in [-0.2, -0.15) is 0 Å². The van der Waals surface area contributed by atoms with Crippen LogP contribution in [-0.4, -0.2) is 50.0 Å². The minimum atomic E-state index is -3.86. The van der Waals surface area contributed by atoms with Gasteiger partial charge in [0.15, 0.2) is 0 Å². The van der Waals surface area contributed by atoms with Gasteiger partial charge in [-0.15, -0.1) is 0 Å². The molecule has 0 fully saturated rings. The summed E-state index contributed by atoms with van der Waals surface area (Å²) >= 11 is 18.5. The summed E-state index contributed by atoms with van der Waals surface area (Å²) in [6, 6.07) is 8.68. The Bertz CT molecular complexity index is 1190. The highest BCUT2D eigenvalue weighted by atomic mass is 35.5. The van der Waals surface area contributed by atoms with E-state index in [0.717, 1.165) is 10.6 Å². The molecule has 0 radical (unpaired) electrons. The molecule has 7 nitrogen and oxygen atoms in total. The van der Waals surface area contributed by atoms with Crippen LogP contribution in [0.25, 0.3) is 0 Å². The first-order valence-corrected chi connectivity index (χ1v) is 14.0. The SMILES string of the molecule is CCC(C(=O)NC(C)C)N(Cc1ccc(Cl)cc1Cl)C(=O)CN(c1cc(Cl)ccc1C)S(C)(=O)=O. The Morgan fingerprint density at radius 2 is 1.63 bits per heavy atom. The number of sulfonamides is 1. The van der Waals surface area contributed by atoms with Crippen LogP contribution in [-0.2, 0) is 26.2 Å². The summed E-state index contributed by atoms with van der Waals surface area (Å²) in [5.74, 6) is -0.905. The first-order valence-electron chi connectivity index (χ1n) is 11.0. The van der Waals surface area contributed by atoms with Crippen molar-refractivity contribution in [3.05, 3.63) is 62.6 Å². The minimum absolute atomic E-state index is 0.00894. The van der Waals surface area contributed by atoms with Crippen LogP contribution in [0.5, 0.6) is 0 Å². The van der Waals surface area contributed by atoms with E-state index in [0.29, 0.717) is 32.6 Å². The summed E-state index contributed by atoms with van der Waals surface area (Å²) in [5, 5.41) is 3.93. The molecule has 0 bridgehead atoms. The number of nitrogens with zero attached hydrogens (tertiary/aromatic N) is 2. The van der Waals surface area contributed by atoms with Gasteiger partial charge in [-0.1, -0.05) is 53.9 Å².